The van der Waals surface area contributed by atoms with Gasteiger partial charge < -0.3 is 25.8 Å². The number of aromatic nitrogens is 2. The molecule has 1 aromatic carbocycles. The Morgan fingerprint density at radius 3 is 2.59 bits per heavy atom. The summed E-state index contributed by atoms with van der Waals surface area (Å²) in [5.74, 6) is -1.72. The van der Waals surface area contributed by atoms with Crippen molar-refractivity contribution < 1.29 is 19.4 Å². The summed E-state index contributed by atoms with van der Waals surface area (Å²) in [5, 5.41) is 24.5. The van der Waals surface area contributed by atoms with Crippen LogP contribution in [0.5, 0.6) is 5.75 Å². The molecule has 0 spiro atoms. The maximum atomic E-state index is 12.9. The third kappa shape index (κ3) is 5.35. The van der Waals surface area contributed by atoms with E-state index in [1.54, 1.807) is 13.8 Å². The third-order valence-corrected chi connectivity index (χ3v) is 3.97. The Morgan fingerprint density at radius 2 is 1.96 bits per heavy atom. The Bertz CT molecular complexity index is 849. The van der Waals surface area contributed by atoms with Crippen molar-refractivity contribution in [2.45, 2.75) is 32.4 Å². The summed E-state index contributed by atoms with van der Waals surface area (Å²) in [6.45, 7) is 4.07. The minimum Gasteiger partial charge on any atom is -0.501 e. The monoisotopic (exact) mass is 378 g/mol. The van der Waals surface area contributed by atoms with Crippen molar-refractivity contribution >= 4 is 5.91 Å². The van der Waals surface area contributed by atoms with Crippen LogP contribution < -0.4 is 16.2 Å². The number of halogens is 1. The molecule has 0 atom stereocenters. The SMILES string of the molecule is CC(C)(NCCCO)c1nc(C(=O)NCc2ccc(F)cc2)c(O)c(=O)[nH]1. The molecule has 27 heavy (non-hydrogen) atoms. The number of H-pyrrole nitrogens is 1. The van der Waals surface area contributed by atoms with Crippen molar-refractivity contribution in [2.75, 3.05) is 13.2 Å². The molecule has 146 valence electrons. The second-order valence-corrected chi connectivity index (χ2v) is 6.55. The van der Waals surface area contributed by atoms with Gasteiger partial charge in [0.1, 0.15) is 11.6 Å². The van der Waals surface area contributed by atoms with Gasteiger partial charge in [-0.2, -0.15) is 0 Å². The largest absolute Gasteiger partial charge is 0.501 e. The van der Waals surface area contributed by atoms with Gasteiger partial charge in [-0.3, -0.25) is 9.59 Å². The van der Waals surface area contributed by atoms with Crippen LogP contribution in [0.25, 0.3) is 0 Å². The number of aromatic amines is 1. The lowest BCUT2D eigenvalue weighted by molar-refractivity contribution is 0.0941. The highest BCUT2D eigenvalue weighted by Gasteiger charge is 2.26. The van der Waals surface area contributed by atoms with E-state index < -0.39 is 28.4 Å². The molecule has 1 amide bonds. The van der Waals surface area contributed by atoms with Crippen molar-refractivity contribution in [1.29, 1.82) is 0 Å². The highest BCUT2D eigenvalue weighted by Crippen LogP contribution is 2.18. The van der Waals surface area contributed by atoms with E-state index >= 15 is 0 Å². The van der Waals surface area contributed by atoms with Crippen molar-refractivity contribution in [3.05, 3.63) is 57.5 Å². The molecule has 9 heteroatoms. The summed E-state index contributed by atoms with van der Waals surface area (Å²) in [4.78, 5) is 31.0. The number of aromatic hydroxyl groups is 1. The predicted molar refractivity (Wildman–Crippen MR) is 96.8 cm³/mol. The molecule has 0 aliphatic carbocycles. The third-order valence-electron chi connectivity index (χ3n) is 3.97. The maximum absolute atomic E-state index is 12.9. The summed E-state index contributed by atoms with van der Waals surface area (Å²) in [7, 11) is 0. The first-order valence-electron chi connectivity index (χ1n) is 8.47. The van der Waals surface area contributed by atoms with E-state index in [9.17, 15) is 19.1 Å². The van der Waals surface area contributed by atoms with Gasteiger partial charge >= 0.3 is 0 Å². The number of rotatable bonds is 8. The molecule has 1 heterocycles. The van der Waals surface area contributed by atoms with Crippen molar-refractivity contribution in [2.24, 2.45) is 0 Å². The first kappa shape index (κ1) is 20.5. The Kier molecular flexibility index (Phi) is 6.65. The molecule has 2 rings (SSSR count). The van der Waals surface area contributed by atoms with E-state index in [4.69, 9.17) is 5.11 Å². The van der Waals surface area contributed by atoms with Gasteiger partial charge in [0.15, 0.2) is 5.69 Å². The van der Waals surface area contributed by atoms with Crippen molar-refractivity contribution in [3.8, 4) is 5.75 Å². The van der Waals surface area contributed by atoms with Crippen LogP contribution >= 0.6 is 0 Å². The minimum atomic E-state index is -0.830. The topological polar surface area (TPSA) is 127 Å². The van der Waals surface area contributed by atoms with Gasteiger partial charge in [0, 0.05) is 13.2 Å². The van der Waals surface area contributed by atoms with Gasteiger partial charge in [-0.05, 0) is 44.5 Å². The summed E-state index contributed by atoms with van der Waals surface area (Å²) < 4.78 is 12.9. The average Bonchev–Trinajstić information content (AvgIpc) is 2.63. The zero-order valence-corrected chi connectivity index (χ0v) is 15.2. The van der Waals surface area contributed by atoms with Crippen LogP contribution in [0.3, 0.4) is 0 Å². The second kappa shape index (κ2) is 8.74. The van der Waals surface area contributed by atoms with Crippen molar-refractivity contribution in [1.82, 2.24) is 20.6 Å². The molecular weight excluding hydrogens is 355 g/mol. The number of carbonyl (C=O) groups excluding carboxylic acids is 1. The number of amides is 1. The highest BCUT2D eigenvalue weighted by atomic mass is 19.1. The lowest BCUT2D eigenvalue weighted by Gasteiger charge is -2.25. The zero-order chi connectivity index (χ0) is 20.0. The average molecular weight is 378 g/mol. The molecule has 5 N–H and O–H groups in total. The summed E-state index contributed by atoms with van der Waals surface area (Å²) in [5.41, 5.74) is -1.37. The zero-order valence-electron chi connectivity index (χ0n) is 15.2. The van der Waals surface area contributed by atoms with Crippen LogP contribution in [0, 0.1) is 5.82 Å². The minimum absolute atomic E-state index is 0.0135. The van der Waals surface area contributed by atoms with E-state index in [0.717, 1.165) is 0 Å². The van der Waals surface area contributed by atoms with Crippen LogP contribution in [-0.4, -0.2) is 39.2 Å². The van der Waals surface area contributed by atoms with Gasteiger partial charge in [0.05, 0.1) is 5.54 Å². The molecule has 0 saturated heterocycles. The molecule has 0 saturated carbocycles. The Balaban J connectivity index is 2.19. The van der Waals surface area contributed by atoms with Gasteiger partial charge in [0.25, 0.3) is 11.5 Å². The Hall–Kier alpha value is -2.78. The smallest absolute Gasteiger partial charge is 0.293 e. The van der Waals surface area contributed by atoms with Crippen LogP contribution in [0.4, 0.5) is 4.39 Å². The van der Waals surface area contributed by atoms with Crippen LogP contribution in [0.1, 0.15) is 42.1 Å². The summed E-state index contributed by atoms with van der Waals surface area (Å²) >= 11 is 0. The molecule has 0 aliphatic rings. The number of aliphatic hydroxyl groups excluding tert-OH is 1. The highest BCUT2D eigenvalue weighted by molar-refractivity contribution is 5.94. The van der Waals surface area contributed by atoms with Crippen LogP contribution in [0.2, 0.25) is 0 Å². The maximum Gasteiger partial charge on any atom is 0.293 e. The molecule has 8 nitrogen and oxygen atoms in total. The van der Waals surface area contributed by atoms with Crippen LogP contribution in [-0.2, 0) is 12.1 Å². The lowest BCUT2D eigenvalue weighted by Crippen LogP contribution is -2.41. The fourth-order valence-electron chi connectivity index (χ4n) is 2.35. The molecule has 0 fully saturated rings. The molecule has 0 radical (unpaired) electrons. The Labute approximate surface area is 155 Å². The lowest BCUT2D eigenvalue weighted by atomic mass is 10.0. The number of carbonyl (C=O) groups is 1. The fourth-order valence-corrected chi connectivity index (χ4v) is 2.35. The molecule has 0 bridgehead atoms. The fraction of sp³-hybridized carbons (Fsp3) is 0.389. The van der Waals surface area contributed by atoms with E-state index in [-0.39, 0.29) is 24.8 Å². The molecule has 1 aromatic heterocycles. The number of aliphatic hydroxyl groups is 1. The number of benzene rings is 1. The second-order valence-electron chi connectivity index (χ2n) is 6.55. The number of hydrogen-bond acceptors (Lipinski definition) is 6. The Morgan fingerprint density at radius 1 is 1.30 bits per heavy atom. The number of nitrogens with zero attached hydrogens (tertiary/aromatic N) is 1. The van der Waals surface area contributed by atoms with Gasteiger partial charge in [-0.1, -0.05) is 12.1 Å². The van der Waals surface area contributed by atoms with Crippen LogP contribution in [0.15, 0.2) is 29.1 Å². The van der Waals surface area contributed by atoms with Gasteiger partial charge in [-0.15, -0.1) is 0 Å². The molecule has 0 unspecified atom stereocenters. The van der Waals surface area contributed by atoms with E-state index in [0.29, 0.717) is 18.5 Å². The predicted octanol–water partition coefficient (Wildman–Crippen LogP) is 0.752. The molecule has 0 aliphatic heterocycles. The van der Waals surface area contributed by atoms with Gasteiger partial charge in [0.2, 0.25) is 5.75 Å². The summed E-state index contributed by atoms with van der Waals surface area (Å²) in [6, 6.07) is 5.56. The van der Waals surface area contributed by atoms with E-state index in [1.807, 2.05) is 0 Å². The first-order chi connectivity index (χ1) is 12.7. The van der Waals surface area contributed by atoms with E-state index in [2.05, 4.69) is 20.6 Å². The number of nitrogens with one attached hydrogen (secondary N) is 3. The first-order valence-corrected chi connectivity index (χ1v) is 8.47. The van der Waals surface area contributed by atoms with Crippen molar-refractivity contribution in [3.63, 3.8) is 0 Å². The quantitative estimate of drug-likeness (QED) is 0.432. The summed E-state index contributed by atoms with van der Waals surface area (Å²) in [6.07, 6.45) is 0.511. The van der Waals surface area contributed by atoms with E-state index in [1.165, 1.54) is 24.3 Å². The standard InChI is InChI=1S/C18H23FN4O4/c1-18(2,21-8-3-9-24)17-22-13(14(25)16(27)23-17)15(26)20-10-11-4-6-12(19)7-5-11/h4-7,21,24-25H,3,8-10H2,1-2H3,(H,20,26)(H,22,23,27). The van der Waals surface area contributed by atoms with Gasteiger partial charge in [-0.25, -0.2) is 9.37 Å². The normalized spacial score (nSPS) is 11.4. The number of hydrogen-bond donors (Lipinski definition) is 5. The molecular formula is C18H23FN4O4. The molecule has 2 aromatic rings.